The van der Waals surface area contributed by atoms with Gasteiger partial charge < -0.3 is 8.94 Å². The molecule has 0 aliphatic heterocycles. The number of aryl methyl sites for hydroxylation is 2. The zero-order chi connectivity index (χ0) is 16.0. The molecule has 0 atom stereocenters. The maximum atomic E-state index is 11.8. The summed E-state index contributed by atoms with van der Waals surface area (Å²) in [6, 6.07) is 7.47. The Balaban J connectivity index is 1.79. The van der Waals surface area contributed by atoms with Crippen LogP contribution in [0.25, 0.3) is 33.3 Å². The fourth-order valence-corrected chi connectivity index (χ4v) is 3.38. The molecule has 1 aromatic carbocycles. The molecule has 0 bridgehead atoms. The third kappa shape index (κ3) is 2.20. The van der Waals surface area contributed by atoms with Crippen LogP contribution in [0.5, 0.6) is 0 Å². The van der Waals surface area contributed by atoms with Gasteiger partial charge in [0.05, 0.1) is 10.4 Å². The first-order valence-corrected chi connectivity index (χ1v) is 8.07. The lowest BCUT2D eigenvalue weighted by Crippen LogP contribution is -2.11. The lowest BCUT2D eigenvalue weighted by atomic mass is 10.2. The molecule has 0 fully saturated rings. The van der Waals surface area contributed by atoms with Crippen LogP contribution in [0.1, 0.15) is 12.5 Å². The van der Waals surface area contributed by atoms with Gasteiger partial charge in [-0.15, -0.1) is 11.3 Å². The molecule has 7 heteroatoms. The van der Waals surface area contributed by atoms with E-state index in [0.717, 1.165) is 21.5 Å². The third-order valence-corrected chi connectivity index (χ3v) is 4.73. The first-order valence-electron chi connectivity index (χ1n) is 7.19. The molecule has 3 heterocycles. The Hall–Kier alpha value is -2.67. The second-order valence-corrected chi connectivity index (χ2v) is 6.07. The van der Waals surface area contributed by atoms with Crippen molar-refractivity contribution in [2.45, 2.75) is 20.4 Å². The van der Waals surface area contributed by atoms with Crippen molar-refractivity contribution in [3.8, 4) is 22.2 Å². The van der Waals surface area contributed by atoms with E-state index in [1.807, 2.05) is 37.4 Å². The maximum absolute atomic E-state index is 11.8. The Kier molecular flexibility index (Phi) is 3.16. The fourth-order valence-electron chi connectivity index (χ4n) is 2.53. The van der Waals surface area contributed by atoms with E-state index in [4.69, 9.17) is 8.94 Å². The quantitative estimate of drug-likeness (QED) is 0.573. The largest absolute Gasteiger partial charge is 0.419 e. The molecule has 4 aromatic rings. The minimum Gasteiger partial charge on any atom is -0.408 e. The summed E-state index contributed by atoms with van der Waals surface area (Å²) in [4.78, 5) is 17.2. The van der Waals surface area contributed by atoms with Crippen molar-refractivity contribution in [3.63, 3.8) is 0 Å². The van der Waals surface area contributed by atoms with Gasteiger partial charge >= 0.3 is 5.76 Å². The Morgan fingerprint density at radius 2 is 2.17 bits per heavy atom. The van der Waals surface area contributed by atoms with Gasteiger partial charge in [-0.2, -0.15) is 4.98 Å². The maximum Gasteiger partial charge on any atom is 0.419 e. The van der Waals surface area contributed by atoms with Gasteiger partial charge in [0.2, 0.25) is 5.82 Å². The third-order valence-electron chi connectivity index (χ3n) is 3.73. The molecule has 0 unspecified atom stereocenters. The second-order valence-electron chi connectivity index (χ2n) is 5.15. The van der Waals surface area contributed by atoms with Crippen LogP contribution in [0.3, 0.4) is 0 Å². The molecule has 0 spiro atoms. The predicted molar refractivity (Wildman–Crippen MR) is 87.5 cm³/mol. The van der Waals surface area contributed by atoms with E-state index in [1.165, 1.54) is 0 Å². The number of nitrogens with zero attached hydrogens (tertiary/aromatic N) is 3. The molecular weight excluding hydrogens is 314 g/mol. The molecule has 3 aromatic heterocycles. The van der Waals surface area contributed by atoms with Crippen LogP contribution in [0.2, 0.25) is 0 Å². The molecule has 0 saturated heterocycles. The monoisotopic (exact) mass is 327 g/mol. The van der Waals surface area contributed by atoms with Crippen molar-refractivity contribution >= 4 is 22.4 Å². The fraction of sp³-hybridized carbons (Fsp3) is 0.188. The lowest BCUT2D eigenvalue weighted by Gasteiger charge is -1.97. The lowest BCUT2D eigenvalue weighted by molar-refractivity contribution is 0.433. The summed E-state index contributed by atoms with van der Waals surface area (Å²) in [5.41, 5.74) is 3.14. The van der Waals surface area contributed by atoms with Crippen molar-refractivity contribution in [1.82, 2.24) is 14.7 Å². The molecule has 4 rings (SSSR count). The second kappa shape index (κ2) is 5.20. The highest BCUT2D eigenvalue weighted by Crippen LogP contribution is 2.30. The number of fused-ring (bicyclic) bond motifs is 1. The molecule has 0 amide bonds. The summed E-state index contributed by atoms with van der Waals surface area (Å²) in [5.74, 6) is 0.615. The van der Waals surface area contributed by atoms with Gasteiger partial charge in [0.15, 0.2) is 5.58 Å². The van der Waals surface area contributed by atoms with Crippen LogP contribution >= 0.6 is 11.3 Å². The number of hydrogen-bond donors (Lipinski definition) is 0. The highest BCUT2D eigenvalue weighted by Gasteiger charge is 2.15. The summed E-state index contributed by atoms with van der Waals surface area (Å²) < 4.78 is 12.2. The summed E-state index contributed by atoms with van der Waals surface area (Å²) in [6.45, 7) is 4.47. The van der Waals surface area contributed by atoms with E-state index in [0.29, 0.717) is 23.8 Å². The van der Waals surface area contributed by atoms with Crippen molar-refractivity contribution in [2.75, 3.05) is 0 Å². The topological polar surface area (TPSA) is 74.1 Å². The van der Waals surface area contributed by atoms with Crippen molar-refractivity contribution in [1.29, 1.82) is 0 Å². The highest BCUT2D eigenvalue weighted by molar-refractivity contribution is 7.13. The standard InChI is InChI=1S/C16H13N3O3S/c1-3-19-11-5-4-10(8-12(11)21-16(19)20)14-17-15(22-18-14)13-9(2)6-7-23-13/h4-8H,3H2,1-2H3. The van der Waals surface area contributed by atoms with E-state index >= 15 is 0 Å². The number of benzene rings is 1. The Morgan fingerprint density at radius 1 is 1.30 bits per heavy atom. The molecule has 0 aliphatic rings. The van der Waals surface area contributed by atoms with Gasteiger partial charge in [-0.25, -0.2) is 4.79 Å². The molecule has 116 valence electrons. The number of rotatable bonds is 3. The van der Waals surface area contributed by atoms with Crippen molar-refractivity contribution < 1.29 is 8.94 Å². The summed E-state index contributed by atoms with van der Waals surface area (Å²) in [7, 11) is 0. The molecule has 0 N–H and O–H groups in total. The smallest absolute Gasteiger partial charge is 0.408 e. The molecule has 0 aliphatic carbocycles. The zero-order valence-corrected chi connectivity index (χ0v) is 13.4. The summed E-state index contributed by atoms with van der Waals surface area (Å²) in [5, 5.41) is 6.02. The predicted octanol–water partition coefficient (Wildman–Crippen LogP) is 3.70. The first kappa shape index (κ1) is 14.0. The van der Waals surface area contributed by atoms with Gasteiger partial charge in [0, 0.05) is 12.1 Å². The first-order chi connectivity index (χ1) is 11.2. The van der Waals surface area contributed by atoms with Gasteiger partial charge in [-0.3, -0.25) is 4.57 Å². The van der Waals surface area contributed by atoms with Crippen molar-refractivity contribution in [2.24, 2.45) is 0 Å². The minimum absolute atomic E-state index is 0.359. The molecular formula is C16H13N3O3S. The zero-order valence-electron chi connectivity index (χ0n) is 12.6. The number of thiophene rings is 1. The van der Waals surface area contributed by atoms with Crippen molar-refractivity contribution in [3.05, 3.63) is 45.8 Å². The number of aromatic nitrogens is 3. The SMILES string of the molecule is CCn1c(=O)oc2cc(-c3noc(-c4sccc4C)n3)ccc21. The van der Waals surface area contributed by atoms with E-state index in [9.17, 15) is 4.79 Å². The van der Waals surface area contributed by atoms with E-state index in [-0.39, 0.29) is 5.76 Å². The van der Waals surface area contributed by atoms with Crippen LogP contribution in [-0.4, -0.2) is 14.7 Å². The average Bonchev–Trinajstić information content (AvgIpc) is 3.23. The molecule has 0 saturated carbocycles. The molecule has 0 radical (unpaired) electrons. The van der Waals surface area contributed by atoms with Gasteiger partial charge in [-0.1, -0.05) is 5.16 Å². The van der Waals surface area contributed by atoms with Crippen LogP contribution in [0.15, 0.2) is 43.4 Å². The minimum atomic E-state index is -0.359. The average molecular weight is 327 g/mol. The highest BCUT2D eigenvalue weighted by atomic mass is 32.1. The Morgan fingerprint density at radius 3 is 2.91 bits per heavy atom. The molecule has 6 nitrogen and oxygen atoms in total. The number of hydrogen-bond acceptors (Lipinski definition) is 6. The Bertz CT molecular complexity index is 1050. The van der Waals surface area contributed by atoms with E-state index in [1.54, 1.807) is 22.0 Å². The number of oxazole rings is 1. The summed E-state index contributed by atoms with van der Waals surface area (Å²) >= 11 is 1.56. The molecule has 23 heavy (non-hydrogen) atoms. The Labute approximate surface area is 135 Å². The van der Waals surface area contributed by atoms with Crippen LogP contribution in [-0.2, 0) is 6.54 Å². The van der Waals surface area contributed by atoms with Gasteiger partial charge in [0.25, 0.3) is 5.89 Å². The van der Waals surface area contributed by atoms with Gasteiger partial charge in [0.1, 0.15) is 0 Å². The van der Waals surface area contributed by atoms with Crippen LogP contribution in [0, 0.1) is 6.92 Å². The van der Waals surface area contributed by atoms with Gasteiger partial charge in [-0.05, 0) is 49.1 Å². The summed E-state index contributed by atoms with van der Waals surface area (Å²) in [6.07, 6.45) is 0. The van der Waals surface area contributed by atoms with Crippen LogP contribution in [0.4, 0.5) is 0 Å². The van der Waals surface area contributed by atoms with Crippen LogP contribution < -0.4 is 5.76 Å². The van der Waals surface area contributed by atoms with E-state index < -0.39 is 0 Å². The normalized spacial score (nSPS) is 11.4. The van der Waals surface area contributed by atoms with E-state index in [2.05, 4.69) is 10.1 Å².